The second-order valence-corrected chi connectivity index (χ2v) is 6.32. The smallest absolute Gasteiger partial charge is 0.374 e. The van der Waals surface area contributed by atoms with Crippen LogP contribution in [0.15, 0.2) is 22.8 Å². The van der Waals surface area contributed by atoms with Gasteiger partial charge >= 0.3 is 17.9 Å². The predicted octanol–water partition coefficient (Wildman–Crippen LogP) is 2.80. The first-order valence-electron chi connectivity index (χ1n) is 8.37. The molecule has 2 heterocycles. The Morgan fingerprint density at radius 1 is 1.04 bits per heavy atom. The van der Waals surface area contributed by atoms with Crippen molar-refractivity contribution in [2.24, 2.45) is 0 Å². The van der Waals surface area contributed by atoms with E-state index in [1.807, 2.05) is 0 Å². The number of hydrogen-bond acceptors (Lipinski definition) is 9. The van der Waals surface area contributed by atoms with Crippen LogP contribution in [0.3, 0.4) is 0 Å². The number of carbonyl (C=O) groups is 4. The summed E-state index contributed by atoms with van der Waals surface area (Å²) in [6.07, 6.45) is 1.30. The highest BCUT2D eigenvalue weighted by Crippen LogP contribution is 2.34. The molecule has 2 aromatic rings. The Bertz CT molecular complexity index is 869. The van der Waals surface area contributed by atoms with Crippen molar-refractivity contribution in [2.45, 2.75) is 20.8 Å². The molecule has 2 rings (SSSR count). The van der Waals surface area contributed by atoms with E-state index in [-0.39, 0.29) is 34.4 Å². The molecule has 0 aromatic carbocycles. The number of esters is 3. The Hall–Kier alpha value is -3.14. The van der Waals surface area contributed by atoms with Gasteiger partial charge in [0.2, 0.25) is 5.76 Å². The molecule has 0 aliphatic heterocycles. The Labute approximate surface area is 164 Å². The lowest BCUT2D eigenvalue weighted by molar-refractivity contribution is -0.119. The third-order valence-electron chi connectivity index (χ3n) is 3.40. The van der Waals surface area contributed by atoms with Crippen LogP contribution in [0, 0.1) is 6.92 Å². The van der Waals surface area contributed by atoms with E-state index in [1.165, 1.54) is 18.4 Å². The summed E-state index contributed by atoms with van der Waals surface area (Å²) in [4.78, 5) is 48.4. The molecule has 0 fully saturated rings. The number of amides is 1. The van der Waals surface area contributed by atoms with E-state index in [1.54, 1.807) is 20.8 Å². The molecule has 10 heteroatoms. The van der Waals surface area contributed by atoms with Crippen molar-refractivity contribution in [1.82, 2.24) is 0 Å². The summed E-state index contributed by atoms with van der Waals surface area (Å²) in [5.41, 5.74) is 0.394. The van der Waals surface area contributed by atoms with Crippen LogP contribution in [0.1, 0.15) is 50.0 Å². The topological polar surface area (TPSA) is 121 Å². The number of furan rings is 1. The van der Waals surface area contributed by atoms with Gasteiger partial charge in [0.15, 0.2) is 6.61 Å². The summed E-state index contributed by atoms with van der Waals surface area (Å²) in [6.45, 7) is 4.53. The van der Waals surface area contributed by atoms with Crippen LogP contribution in [0.5, 0.6) is 0 Å². The third-order valence-corrected chi connectivity index (χ3v) is 4.58. The van der Waals surface area contributed by atoms with Gasteiger partial charge in [-0.25, -0.2) is 14.4 Å². The van der Waals surface area contributed by atoms with Crippen LogP contribution in [-0.2, 0) is 19.0 Å². The maximum absolute atomic E-state index is 12.3. The van der Waals surface area contributed by atoms with E-state index in [0.29, 0.717) is 5.56 Å². The van der Waals surface area contributed by atoms with E-state index in [0.717, 1.165) is 11.3 Å². The van der Waals surface area contributed by atoms with Gasteiger partial charge in [0.1, 0.15) is 9.88 Å². The molecule has 0 spiro atoms. The van der Waals surface area contributed by atoms with Crippen LogP contribution in [-0.4, -0.2) is 43.6 Å². The molecule has 0 unspecified atom stereocenters. The minimum atomic E-state index is -0.805. The zero-order valence-electron chi connectivity index (χ0n) is 15.5. The fourth-order valence-electron chi connectivity index (χ4n) is 2.20. The number of anilines is 1. The summed E-state index contributed by atoms with van der Waals surface area (Å²) in [6, 6.07) is 2.90. The average Bonchev–Trinajstić information content (AvgIpc) is 3.28. The van der Waals surface area contributed by atoms with Gasteiger partial charge in [0, 0.05) is 0 Å². The van der Waals surface area contributed by atoms with E-state index in [4.69, 9.17) is 18.6 Å². The summed E-state index contributed by atoms with van der Waals surface area (Å²) < 4.78 is 19.7. The zero-order valence-corrected chi connectivity index (χ0v) is 16.3. The van der Waals surface area contributed by atoms with Crippen LogP contribution in [0.4, 0.5) is 5.00 Å². The SMILES string of the molecule is CCOC(=O)c1sc(NC(=O)COC(=O)c2ccco2)c(C(=O)OCC)c1C. The summed E-state index contributed by atoms with van der Waals surface area (Å²) in [5.74, 6) is -2.84. The summed E-state index contributed by atoms with van der Waals surface area (Å²) >= 11 is 0.882. The molecule has 9 nitrogen and oxygen atoms in total. The van der Waals surface area contributed by atoms with Crippen molar-refractivity contribution in [3.8, 4) is 0 Å². The first kappa shape index (κ1) is 21.2. The highest BCUT2D eigenvalue weighted by Gasteiger charge is 2.27. The maximum Gasteiger partial charge on any atom is 0.374 e. The highest BCUT2D eigenvalue weighted by molar-refractivity contribution is 7.18. The summed E-state index contributed by atoms with van der Waals surface area (Å²) in [5, 5.41) is 2.58. The molecule has 2 aromatic heterocycles. The lowest BCUT2D eigenvalue weighted by atomic mass is 10.1. The highest BCUT2D eigenvalue weighted by atomic mass is 32.1. The third kappa shape index (κ3) is 4.97. The lowest BCUT2D eigenvalue weighted by Crippen LogP contribution is -2.21. The first-order chi connectivity index (χ1) is 13.4. The van der Waals surface area contributed by atoms with E-state index >= 15 is 0 Å². The second-order valence-electron chi connectivity index (χ2n) is 5.30. The van der Waals surface area contributed by atoms with Gasteiger partial charge in [-0.05, 0) is 38.5 Å². The van der Waals surface area contributed by atoms with Gasteiger partial charge in [-0.1, -0.05) is 0 Å². The Morgan fingerprint density at radius 3 is 2.32 bits per heavy atom. The largest absolute Gasteiger partial charge is 0.462 e. The monoisotopic (exact) mass is 409 g/mol. The number of hydrogen-bond donors (Lipinski definition) is 1. The van der Waals surface area contributed by atoms with Gasteiger partial charge in [0.05, 0.1) is 25.0 Å². The first-order valence-corrected chi connectivity index (χ1v) is 9.18. The predicted molar refractivity (Wildman–Crippen MR) is 98.6 cm³/mol. The quantitative estimate of drug-likeness (QED) is 0.522. The van der Waals surface area contributed by atoms with Crippen molar-refractivity contribution < 1.29 is 37.8 Å². The second kappa shape index (κ2) is 9.70. The molecule has 0 bridgehead atoms. The van der Waals surface area contributed by atoms with Gasteiger partial charge < -0.3 is 23.9 Å². The minimum Gasteiger partial charge on any atom is -0.462 e. The molecular formula is C18H19NO8S. The average molecular weight is 409 g/mol. The van der Waals surface area contributed by atoms with Crippen molar-refractivity contribution in [3.63, 3.8) is 0 Å². The molecule has 0 saturated carbocycles. The molecule has 28 heavy (non-hydrogen) atoms. The van der Waals surface area contributed by atoms with Crippen LogP contribution < -0.4 is 5.32 Å². The fraction of sp³-hybridized carbons (Fsp3) is 0.333. The fourth-order valence-corrected chi connectivity index (χ4v) is 3.31. The number of rotatable bonds is 8. The van der Waals surface area contributed by atoms with Gasteiger partial charge in [-0.3, -0.25) is 4.79 Å². The molecule has 0 aliphatic rings. The van der Waals surface area contributed by atoms with Gasteiger partial charge in [-0.2, -0.15) is 0 Å². The molecule has 1 N–H and O–H groups in total. The Balaban J connectivity index is 2.16. The molecule has 1 amide bonds. The standard InChI is InChI=1S/C18H19NO8S/c1-4-24-17(22)13-10(3)14(18(23)25-5-2)28-15(13)19-12(20)9-27-16(21)11-7-6-8-26-11/h6-8H,4-5,9H2,1-3H3,(H,19,20). The molecular weight excluding hydrogens is 390 g/mol. The molecule has 0 radical (unpaired) electrons. The van der Waals surface area contributed by atoms with E-state index in [9.17, 15) is 19.2 Å². The number of thiophene rings is 1. The van der Waals surface area contributed by atoms with Crippen molar-refractivity contribution in [3.05, 3.63) is 40.2 Å². The molecule has 0 saturated heterocycles. The van der Waals surface area contributed by atoms with E-state index < -0.39 is 30.4 Å². The van der Waals surface area contributed by atoms with Gasteiger partial charge in [-0.15, -0.1) is 11.3 Å². The minimum absolute atomic E-state index is 0.0448. The summed E-state index contributed by atoms with van der Waals surface area (Å²) in [7, 11) is 0. The van der Waals surface area contributed by atoms with Crippen LogP contribution in [0.2, 0.25) is 0 Å². The number of carbonyl (C=O) groups excluding carboxylic acids is 4. The molecule has 0 aliphatic carbocycles. The molecule has 150 valence electrons. The lowest BCUT2D eigenvalue weighted by Gasteiger charge is -2.07. The number of ether oxygens (including phenoxy) is 3. The zero-order chi connectivity index (χ0) is 20.7. The van der Waals surface area contributed by atoms with Crippen molar-refractivity contribution in [2.75, 3.05) is 25.1 Å². The maximum atomic E-state index is 12.3. The normalized spacial score (nSPS) is 10.2. The van der Waals surface area contributed by atoms with E-state index in [2.05, 4.69) is 5.32 Å². The van der Waals surface area contributed by atoms with Gasteiger partial charge in [0.25, 0.3) is 5.91 Å². The van der Waals surface area contributed by atoms with Crippen LogP contribution >= 0.6 is 11.3 Å². The number of nitrogens with one attached hydrogen (secondary N) is 1. The molecule has 0 atom stereocenters. The Kier molecular flexibility index (Phi) is 7.33. The van der Waals surface area contributed by atoms with Crippen molar-refractivity contribution in [1.29, 1.82) is 0 Å². The Morgan fingerprint density at radius 2 is 1.71 bits per heavy atom. The van der Waals surface area contributed by atoms with Crippen LogP contribution in [0.25, 0.3) is 0 Å². The van der Waals surface area contributed by atoms with Crippen molar-refractivity contribution >= 4 is 40.2 Å².